The van der Waals surface area contributed by atoms with Gasteiger partial charge in [-0.2, -0.15) is 0 Å². The van der Waals surface area contributed by atoms with E-state index in [0.29, 0.717) is 17.6 Å². The summed E-state index contributed by atoms with van der Waals surface area (Å²) < 4.78 is 5.13. The second kappa shape index (κ2) is 6.13. The van der Waals surface area contributed by atoms with Crippen LogP contribution in [0, 0.1) is 0 Å². The van der Waals surface area contributed by atoms with Gasteiger partial charge in [0.1, 0.15) is 11.5 Å². The first-order valence-electron chi connectivity index (χ1n) is 4.50. The zero-order valence-electron chi connectivity index (χ0n) is 8.43. The molecule has 82 valence electrons. The molecule has 2 nitrogen and oxygen atoms in total. The van der Waals surface area contributed by atoms with E-state index in [0.717, 1.165) is 16.9 Å². The Morgan fingerprint density at radius 2 is 2.07 bits per heavy atom. The van der Waals surface area contributed by atoms with Crippen molar-refractivity contribution in [2.24, 2.45) is 0 Å². The van der Waals surface area contributed by atoms with Gasteiger partial charge in [-0.15, -0.1) is 11.6 Å². The Hall–Kier alpha value is -0.540. The van der Waals surface area contributed by atoms with Gasteiger partial charge in [-0.25, -0.2) is 0 Å². The number of rotatable bonds is 5. The number of ether oxygens (including phenoxy) is 1. The van der Waals surface area contributed by atoms with Crippen LogP contribution in [0.15, 0.2) is 18.2 Å². The lowest BCUT2D eigenvalue weighted by Gasteiger charge is -2.06. The summed E-state index contributed by atoms with van der Waals surface area (Å²) in [4.78, 5) is 11.3. The predicted octanol–water partition coefficient (Wildman–Crippen LogP) is 2.94. The van der Waals surface area contributed by atoms with Crippen LogP contribution in [0.3, 0.4) is 0 Å². The first kappa shape index (κ1) is 12.5. The number of halogens is 2. The van der Waals surface area contributed by atoms with Crippen LogP contribution in [-0.4, -0.2) is 18.2 Å². The van der Waals surface area contributed by atoms with Crippen molar-refractivity contribution in [2.45, 2.75) is 12.3 Å². The Balaban J connectivity index is 2.91. The lowest BCUT2D eigenvalue weighted by Crippen LogP contribution is -2.04. The van der Waals surface area contributed by atoms with E-state index >= 15 is 0 Å². The molecule has 0 heterocycles. The van der Waals surface area contributed by atoms with Gasteiger partial charge in [-0.1, -0.05) is 22.0 Å². The summed E-state index contributed by atoms with van der Waals surface area (Å²) in [5.74, 6) is 1.31. The van der Waals surface area contributed by atoms with Crippen LogP contribution in [-0.2, 0) is 17.1 Å². The molecule has 0 bridgehead atoms. The molecule has 0 fully saturated rings. The number of alkyl halides is 2. The van der Waals surface area contributed by atoms with Gasteiger partial charge >= 0.3 is 0 Å². The van der Waals surface area contributed by atoms with Crippen molar-refractivity contribution in [2.75, 3.05) is 12.4 Å². The molecule has 0 amide bonds. The molecule has 0 aliphatic carbocycles. The van der Waals surface area contributed by atoms with Gasteiger partial charge in [0.15, 0.2) is 0 Å². The molecule has 15 heavy (non-hydrogen) atoms. The minimum absolute atomic E-state index is 0.142. The Bertz CT molecular complexity index is 330. The van der Waals surface area contributed by atoms with Crippen molar-refractivity contribution in [3.05, 3.63) is 29.3 Å². The Morgan fingerprint density at radius 1 is 1.40 bits per heavy atom. The van der Waals surface area contributed by atoms with Gasteiger partial charge in [0.25, 0.3) is 0 Å². The molecule has 0 aliphatic rings. The molecule has 0 aliphatic heterocycles. The molecule has 0 radical (unpaired) electrons. The molecule has 1 aromatic rings. The molecular formula is C11H12BrClO2. The van der Waals surface area contributed by atoms with Crippen molar-refractivity contribution in [3.63, 3.8) is 0 Å². The molecular weight excluding hydrogens is 279 g/mol. The van der Waals surface area contributed by atoms with E-state index in [1.165, 1.54) is 0 Å². The minimum Gasteiger partial charge on any atom is -0.497 e. The van der Waals surface area contributed by atoms with Crippen molar-refractivity contribution in [3.8, 4) is 5.75 Å². The monoisotopic (exact) mass is 290 g/mol. The number of methoxy groups -OCH3 is 1. The van der Waals surface area contributed by atoms with Gasteiger partial charge in [0, 0.05) is 12.3 Å². The van der Waals surface area contributed by atoms with Crippen LogP contribution < -0.4 is 4.74 Å². The maximum absolute atomic E-state index is 11.3. The van der Waals surface area contributed by atoms with E-state index in [2.05, 4.69) is 15.9 Å². The number of carbonyl (C=O) groups is 1. The fourth-order valence-corrected chi connectivity index (χ4v) is 1.65. The molecule has 0 saturated heterocycles. The number of benzene rings is 1. The number of ketones is 1. The zero-order valence-corrected chi connectivity index (χ0v) is 10.8. The molecule has 1 rings (SSSR count). The van der Waals surface area contributed by atoms with Gasteiger partial charge in [0.2, 0.25) is 0 Å². The highest BCUT2D eigenvalue weighted by atomic mass is 79.9. The van der Waals surface area contributed by atoms with Gasteiger partial charge in [-0.05, 0) is 23.3 Å². The molecule has 0 spiro atoms. The summed E-state index contributed by atoms with van der Waals surface area (Å²) in [6, 6.07) is 5.65. The molecule has 4 heteroatoms. The highest BCUT2D eigenvalue weighted by molar-refractivity contribution is 9.09. The van der Waals surface area contributed by atoms with Crippen LogP contribution in [0.25, 0.3) is 0 Å². The SMILES string of the molecule is COc1cc(CCl)cc(CC(=O)CBr)c1. The first-order valence-corrected chi connectivity index (χ1v) is 6.15. The van der Waals surface area contributed by atoms with Crippen LogP contribution in [0.1, 0.15) is 11.1 Å². The van der Waals surface area contributed by atoms with E-state index in [4.69, 9.17) is 16.3 Å². The fourth-order valence-electron chi connectivity index (χ4n) is 1.30. The highest BCUT2D eigenvalue weighted by Crippen LogP contribution is 2.19. The van der Waals surface area contributed by atoms with Gasteiger partial charge < -0.3 is 4.74 Å². The molecule has 0 unspecified atom stereocenters. The average Bonchev–Trinajstić information content (AvgIpc) is 2.28. The second-order valence-corrected chi connectivity index (χ2v) is 4.00. The summed E-state index contributed by atoms with van der Waals surface area (Å²) in [6.07, 6.45) is 0.409. The highest BCUT2D eigenvalue weighted by Gasteiger charge is 2.05. The third-order valence-electron chi connectivity index (χ3n) is 1.97. The van der Waals surface area contributed by atoms with Gasteiger partial charge in [0.05, 0.1) is 12.4 Å². The van der Waals surface area contributed by atoms with Crippen LogP contribution >= 0.6 is 27.5 Å². The lowest BCUT2D eigenvalue weighted by molar-refractivity contribution is -0.115. The lowest BCUT2D eigenvalue weighted by atomic mass is 10.1. The van der Waals surface area contributed by atoms with Crippen LogP contribution in [0.4, 0.5) is 0 Å². The number of Topliss-reactive ketones (excluding diaryl/α,β-unsaturated/α-hetero) is 1. The largest absolute Gasteiger partial charge is 0.497 e. The molecule has 0 N–H and O–H groups in total. The summed E-state index contributed by atoms with van der Waals surface area (Å²) in [6.45, 7) is 0. The van der Waals surface area contributed by atoms with E-state index in [1.54, 1.807) is 7.11 Å². The van der Waals surface area contributed by atoms with Crippen molar-refractivity contribution in [1.29, 1.82) is 0 Å². The van der Waals surface area contributed by atoms with Crippen molar-refractivity contribution < 1.29 is 9.53 Å². The smallest absolute Gasteiger partial charge is 0.147 e. The Kier molecular flexibility index (Phi) is 5.12. The third kappa shape index (κ3) is 3.84. The molecule has 0 saturated carbocycles. The quantitative estimate of drug-likeness (QED) is 0.780. The summed E-state index contributed by atoms with van der Waals surface area (Å²) in [5.41, 5.74) is 1.91. The summed E-state index contributed by atoms with van der Waals surface area (Å²) in [7, 11) is 1.60. The van der Waals surface area contributed by atoms with E-state index in [1.807, 2.05) is 18.2 Å². The van der Waals surface area contributed by atoms with E-state index in [9.17, 15) is 4.79 Å². The predicted molar refractivity (Wildman–Crippen MR) is 65.1 cm³/mol. The fraction of sp³-hybridized carbons (Fsp3) is 0.364. The van der Waals surface area contributed by atoms with Gasteiger partial charge in [-0.3, -0.25) is 4.79 Å². The normalized spacial score (nSPS) is 10.1. The van der Waals surface area contributed by atoms with E-state index < -0.39 is 0 Å². The van der Waals surface area contributed by atoms with Crippen molar-refractivity contribution >= 4 is 33.3 Å². The first-order chi connectivity index (χ1) is 7.19. The van der Waals surface area contributed by atoms with Crippen molar-refractivity contribution in [1.82, 2.24) is 0 Å². The minimum atomic E-state index is 0.142. The molecule has 0 aromatic heterocycles. The van der Waals surface area contributed by atoms with Crippen LogP contribution in [0.2, 0.25) is 0 Å². The Labute approximate surface area is 103 Å². The average molecular weight is 292 g/mol. The topological polar surface area (TPSA) is 26.3 Å². The standard InChI is InChI=1S/C11H12BrClO2/c1-15-11-4-8(3-10(14)6-12)2-9(5-11)7-13/h2,4-5H,3,6-7H2,1H3. The summed E-state index contributed by atoms with van der Waals surface area (Å²) in [5, 5.41) is 0.375. The zero-order chi connectivity index (χ0) is 11.3. The third-order valence-corrected chi connectivity index (χ3v) is 2.90. The van der Waals surface area contributed by atoms with E-state index in [-0.39, 0.29) is 5.78 Å². The maximum atomic E-state index is 11.3. The number of carbonyl (C=O) groups excluding carboxylic acids is 1. The molecule has 1 aromatic carbocycles. The number of hydrogen-bond donors (Lipinski definition) is 0. The maximum Gasteiger partial charge on any atom is 0.147 e. The molecule has 0 atom stereocenters. The Morgan fingerprint density at radius 3 is 2.60 bits per heavy atom. The second-order valence-electron chi connectivity index (χ2n) is 3.17. The van der Waals surface area contributed by atoms with Crippen LogP contribution in [0.5, 0.6) is 5.75 Å². The number of hydrogen-bond acceptors (Lipinski definition) is 2. The summed E-state index contributed by atoms with van der Waals surface area (Å²) >= 11 is 8.89.